The smallest absolute Gasteiger partial charge is 0.292 e. The van der Waals surface area contributed by atoms with Crippen molar-refractivity contribution in [3.05, 3.63) is 47.8 Å². The number of aromatic nitrogens is 3. The number of nitrogens with two attached hydrogens (primary N) is 1. The summed E-state index contributed by atoms with van der Waals surface area (Å²) in [5, 5.41) is 0. The van der Waals surface area contributed by atoms with Gasteiger partial charge in [-0.3, -0.25) is 0 Å². The molecule has 0 aliphatic carbocycles. The van der Waals surface area contributed by atoms with Crippen LogP contribution >= 0.6 is 0 Å². The highest BCUT2D eigenvalue weighted by atomic mass is 16.4. The van der Waals surface area contributed by atoms with Gasteiger partial charge in [-0.05, 0) is 49.7 Å². The van der Waals surface area contributed by atoms with Gasteiger partial charge in [-0.2, -0.15) is 4.98 Å². The van der Waals surface area contributed by atoms with Crippen molar-refractivity contribution >= 4 is 22.8 Å². The Balaban J connectivity index is 1.96. The van der Waals surface area contributed by atoms with Crippen molar-refractivity contribution < 1.29 is 4.42 Å². The number of imidazole rings is 1. The molecule has 0 saturated carbocycles. The average molecular weight is 278 g/mol. The summed E-state index contributed by atoms with van der Waals surface area (Å²) >= 11 is 0. The van der Waals surface area contributed by atoms with Gasteiger partial charge in [0.25, 0.3) is 6.01 Å². The molecule has 2 N–H and O–H groups in total. The van der Waals surface area contributed by atoms with Crippen LogP contribution in [0.2, 0.25) is 0 Å². The van der Waals surface area contributed by atoms with Crippen LogP contribution in [0, 0.1) is 13.8 Å². The highest BCUT2D eigenvalue weighted by Crippen LogP contribution is 2.28. The molecule has 5 heteroatoms. The Morgan fingerprint density at radius 3 is 2.81 bits per heavy atom. The largest absolute Gasteiger partial charge is 0.424 e. The minimum atomic E-state index is 0.185. The van der Waals surface area contributed by atoms with Crippen molar-refractivity contribution in [2.45, 2.75) is 13.8 Å². The molecule has 0 fully saturated rings. The molecule has 104 valence electrons. The van der Waals surface area contributed by atoms with E-state index in [1.165, 1.54) is 5.56 Å². The van der Waals surface area contributed by atoms with Gasteiger partial charge in [0.05, 0.1) is 5.69 Å². The lowest BCUT2D eigenvalue weighted by Crippen LogP contribution is -1.87. The number of pyridine rings is 1. The zero-order chi connectivity index (χ0) is 14.6. The summed E-state index contributed by atoms with van der Waals surface area (Å²) in [7, 11) is 0. The Labute approximate surface area is 121 Å². The second-order valence-corrected chi connectivity index (χ2v) is 5.21. The Bertz CT molecular complexity index is 981. The third-order valence-corrected chi connectivity index (χ3v) is 3.70. The van der Waals surface area contributed by atoms with Crippen molar-refractivity contribution in [2.24, 2.45) is 0 Å². The van der Waals surface area contributed by atoms with Crippen molar-refractivity contribution in [3.63, 3.8) is 0 Å². The van der Waals surface area contributed by atoms with Gasteiger partial charge < -0.3 is 14.6 Å². The van der Waals surface area contributed by atoms with Crippen LogP contribution in [0.4, 0.5) is 6.01 Å². The van der Waals surface area contributed by atoms with E-state index in [4.69, 9.17) is 15.1 Å². The number of nitrogens with zero attached hydrogens (tertiary/aromatic N) is 3. The van der Waals surface area contributed by atoms with E-state index in [0.717, 1.165) is 28.1 Å². The lowest BCUT2D eigenvalue weighted by molar-refractivity contribution is 0.626. The number of anilines is 1. The normalized spacial score (nSPS) is 11.5. The monoisotopic (exact) mass is 278 g/mol. The maximum Gasteiger partial charge on any atom is 0.292 e. The Morgan fingerprint density at radius 1 is 1.10 bits per heavy atom. The molecule has 4 rings (SSSR count). The fourth-order valence-electron chi connectivity index (χ4n) is 2.64. The Morgan fingerprint density at radius 2 is 1.95 bits per heavy atom. The van der Waals surface area contributed by atoms with E-state index in [-0.39, 0.29) is 6.01 Å². The summed E-state index contributed by atoms with van der Waals surface area (Å²) in [5.41, 5.74) is 12.2. The number of hydrogen-bond acceptors (Lipinski definition) is 4. The highest BCUT2D eigenvalue weighted by Gasteiger charge is 2.12. The van der Waals surface area contributed by atoms with Crippen LogP contribution in [-0.4, -0.2) is 14.4 Å². The van der Waals surface area contributed by atoms with Gasteiger partial charge in [-0.25, -0.2) is 4.98 Å². The van der Waals surface area contributed by atoms with E-state index in [9.17, 15) is 0 Å². The quantitative estimate of drug-likeness (QED) is 0.579. The predicted molar refractivity (Wildman–Crippen MR) is 82.1 cm³/mol. The minimum absolute atomic E-state index is 0.185. The van der Waals surface area contributed by atoms with E-state index in [1.807, 2.05) is 24.4 Å². The van der Waals surface area contributed by atoms with Crippen LogP contribution < -0.4 is 5.73 Å². The number of fused-ring (bicyclic) bond motifs is 2. The molecule has 0 amide bonds. The van der Waals surface area contributed by atoms with E-state index >= 15 is 0 Å². The molecule has 0 bridgehead atoms. The first-order valence-electron chi connectivity index (χ1n) is 6.73. The zero-order valence-corrected chi connectivity index (χ0v) is 11.8. The van der Waals surface area contributed by atoms with Crippen LogP contribution in [0.15, 0.2) is 40.9 Å². The van der Waals surface area contributed by atoms with Crippen LogP contribution in [-0.2, 0) is 0 Å². The summed E-state index contributed by atoms with van der Waals surface area (Å²) < 4.78 is 7.39. The second kappa shape index (κ2) is 4.09. The molecule has 0 unspecified atom stereocenters. The molecule has 0 atom stereocenters. The third kappa shape index (κ3) is 1.78. The van der Waals surface area contributed by atoms with E-state index in [2.05, 4.69) is 35.4 Å². The van der Waals surface area contributed by atoms with Crippen molar-refractivity contribution in [3.8, 4) is 11.3 Å². The van der Waals surface area contributed by atoms with Gasteiger partial charge >= 0.3 is 0 Å². The fourth-order valence-corrected chi connectivity index (χ4v) is 2.64. The van der Waals surface area contributed by atoms with Gasteiger partial charge in [0, 0.05) is 17.5 Å². The lowest BCUT2D eigenvalue weighted by atomic mass is 10.1. The number of oxazole rings is 1. The predicted octanol–water partition coefficient (Wildman–Crippen LogP) is 3.34. The molecule has 5 nitrogen and oxygen atoms in total. The topological polar surface area (TPSA) is 69.3 Å². The molecule has 3 aromatic heterocycles. The van der Waals surface area contributed by atoms with Gasteiger partial charge in [-0.15, -0.1) is 0 Å². The molecule has 0 saturated heterocycles. The molecule has 4 aromatic rings. The molecule has 21 heavy (non-hydrogen) atoms. The highest BCUT2D eigenvalue weighted by molar-refractivity contribution is 5.81. The molecule has 3 heterocycles. The number of rotatable bonds is 1. The Kier molecular flexibility index (Phi) is 2.33. The number of aryl methyl sites for hydroxylation is 2. The molecular weight excluding hydrogens is 264 g/mol. The van der Waals surface area contributed by atoms with E-state index < -0.39 is 0 Å². The number of benzene rings is 1. The third-order valence-electron chi connectivity index (χ3n) is 3.70. The first-order chi connectivity index (χ1) is 10.1. The van der Waals surface area contributed by atoms with Crippen LogP contribution in [0.3, 0.4) is 0 Å². The molecule has 0 radical (unpaired) electrons. The summed E-state index contributed by atoms with van der Waals surface area (Å²) in [6, 6.07) is 10.1. The lowest BCUT2D eigenvalue weighted by Gasteiger charge is -1.99. The standard InChI is InChI=1S/C16H14N4O/c1-9-5-6-20-10(2)15(19-14(20)7-9)11-3-4-13-12(8-11)18-16(17)21-13/h3-8H,1-2H3,(H2,17,18). The SMILES string of the molecule is Cc1ccn2c(C)c(-c3ccc4oc(N)nc4c3)nc2c1. The maximum absolute atomic E-state index is 5.59. The molecule has 0 spiro atoms. The zero-order valence-electron chi connectivity index (χ0n) is 11.8. The summed E-state index contributed by atoms with van der Waals surface area (Å²) in [5.74, 6) is 0. The summed E-state index contributed by atoms with van der Waals surface area (Å²) in [6.45, 7) is 4.12. The summed E-state index contributed by atoms with van der Waals surface area (Å²) in [4.78, 5) is 8.90. The number of nitrogen functional groups attached to an aromatic ring is 1. The Hall–Kier alpha value is -2.82. The van der Waals surface area contributed by atoms with E-state index in [1.54, 1.807) is 0 Å². The molecular formula is C16H14N4O. The van der Waals surface area contributed by atoms with Crippen LogP contribution in [0.1, 0.15) is 11.3 Å². The van der Waals surface area contributed by atoms with E-state index in [0.29, 0.717) is 5.58 Å². The summed E-state index contributed by atoms with van der Waals surface area (Å²) in [6.07, 6.45) is 2.04. The average Bonchev–Trinajstić information content (AvgIpc) is 2.97. The van der Waals surface area contributed by atoms with Gasteiger partial charge in [-0.1, -0.05) is 0 Å². The van der Waals surface area contributed by atoms with Gasteiger partial charge in [0.2, 0.25) is 0 Å². The van der Waals surface area contributed by atoms with Gasteiger partial charge in [0.15, 0.2) is 5.58 Å². The maximum atomic E-state index is 5.59. The molecule has 1 aromatic carbocycles. The van der Waals surface area contributed by atoms with Crippen LogP contribution in [0.5, 0.6) is 0 Å². The van der Waals surface area contributed by atoms with Gasteiger partial charge in [0.1, 0.15) is 11.2 Å². The number of hydrogen-bond donors (Lipinski definition) is 1. The molecule has 0 aliphatic rings. The van der Waals surface area contributed by atoms with Crippen LogP contribution in [0.25, 0.3) is 28.0 Å². The van der Waals surface area contributed by atoms with Crippen molar-refractivity contribution in [1.29, 1.82) is 0 Å². The minimum Gasteiger partial charge on any atom is -0.424 e. The first kappa shape index (κ1) is 12.0. The second-order valence-electron chi connectivity index (χ2n) is 5.21. The first-order valence-corrected chi connectivity index (χ1v) is 6.73. The van der Waals surface area contributed by atoms with Crippen molar-refractivity contribution in [1.82, 2.24) is 14.4 Å². The van der Waals surface area contributed by atoms with Crippen molar-refractivity contribution in [2.75, 3.05) is 5.73 Å². The molecule has 0 aliphatic heterocycles. The fraction of sp³-hybridized carbons (Fsp3) is 0.125.